The minimum atomic E-state index is 0.181. The maximum absolute atomic E-state index is 5.80. The van der Waals surface area contributed by atoms with E-state index in [-0.39, 0.29) is 4.75 Å². The Bertz CT molecular complexity index is 376. The fourth-order valence-electron chi connectivity index (χ4n) is 1.19. The zero-order valence-corrected chi connectivity index (χ0v) is 11.4. The normalized spacial score (nSPS) is 11.6. The molecule has 0 radical (unpaired) electrons. The molecule has 0 unspecified atom stereocenters. The molecule has 0 aliphatic carbocycles. The van der Waals surface area contributed by atoms with E-state index in [0.29, 0.717) is 11.6 Å². The second-order valence-corrected chi connectivity index (χ2v) is 5.96. The van der Waals surface area contributed by atoms with Crippen LogP contribution in [-0.4, -0.2) is 27.5 Å². The Kier molecular flexibility index (Phi) is 4.02. The van der Waals surface area contributed by atoms with Crippen molar-refractivity contribution in [1.29, 1.82) is 0 Å². The third-order valence-electron chi connectivity index (χ3n) is 2.53. The predicted octanol–water partition coefficient (Wildman–Crippen LogP) is 2.23. The highest BCUT2D eigenvalue weighted by molar-refractivity contribution is 7.99. The highest BCUT2D eigenvalue weighted by Gasteiger charge is 2.16. The van der Waals surface area contributed by atoms with Crippen molar-refractivity contribution >= 4 is 23.4 Å². The van der Waals surface area contributed by atoms with Crippen molar-refractivity contribution in [2.45, 2.75) is 32.4 Å². The largest absolute Gasteiger partial charge is 0.383 e. The van der Waals surface area contributed by atoms with Gasteiger partial charge in [-0.05, 0) is 34.0 Å². The number of nitrogens with two attached hydrogens (primary N) is 1. The van der Waals surface area contributed by atoms with E-state index < -0.39 is 0 Å². The Labute approximate surface area is 101 Å². The molecule has 0 saturated heterocycles. The lowest BCUT2D eigenvalue weighted by Gasteiger charge is -2.23. The third-order valence-corrected chi connectivity index (χ3v) is 3.78. The summed E-state index contributed by atoms with van der Waals surface area (Å²) in [6.07, 6.45) is 2.11. The van der Waals surface area contributed by atoms with Crippen LogP contribution in [-0.2, 0) is 0 Å². The lowest BCUT2D eigenvalue weighted by molar-refractivity contribution is 0.748. The summed E-state index contributed by atoms with van der Waals surface area (Å²) in [7, 11) is 0. The Morgan fingerprint density at radius 3 is 2.50 bits per heavy atom. The minimum Gasteiger partial charge on any atom is -0.383 e. The summed E-state index contributed by atoms with van der Waals surface area (Å²) < 4.78 is 0.181. The van der Waals surface area contributed by atoms with Gasteiger partial charge >= 0.3 is 0 Å². The Hall–Kier alpha value is -0.970. The van der Waals surface area contributed by atoms with Crippen LogP contribution in [0.3, 0.4) is 0 Å². The van der Waals surface area contributed by atoms with E-state index in [1.165, 1.54) is 0 Å². The summed E-state index contributed by atoms with van der Waals surface area (Å²) in [6, 6.07) is 0. The maximum Gasteiger partial charge on any atom is 0.134 e. The summed E-state index contributed by atoms with van der Waals surface area (Å²) in [4.78, 5) is 8.48. The van der Waals surface area contributed by atoms with Gasteiger partial charge in [-0.25, -0.2) is 9.97 Å². The Morgan fingerprint density at radius 1 is 1.31 bits per heavy atom. The Balaban J connectivity index is 2.82. The van der Waals surface area contributed by atoms with E-state index in [0.717, 1.165) is 17.9 Å². The highest BCUT2D eigenvalue weighted by atomic mass is 32.2. The third kappa shape index (κ3) is 3.27. The van der Waals surface area contributed by atoms with Crippen LogP contribution in [0.1, 0.15) is 25.2 Å². The maximum atomic E-state index is 5.80. The van der Waals surface area contributed by atoms with E-state index in [9.17, 15) is 0 Å². The summed E-state index contributed by atoms with van der Waals surface area (Å²) >= 11 is 1.82. The van der Waals surface area contributed by atoms with Gasteiger partial charge in [0, 0.05) is 16.9 Å². The molecule has 0 bridgehead atoms. The van der Waals surface area contributed by atoms with Gasteiger partial charge in [-0.2, -0.15) is 11.8 Å². The lowest BCUT2D eigenvalue weighted by Crippen LogP contribution is -2.26. The first-order chi connectivity index (χ1) is 7.35. The summed E-state index contributed by atoms with van der Waals surface area (Å²) in [5, 5.41) is 3.33. The molecule has 0 saturated carbocycles. The average Bonchev–Trinajstić information content (AvgIpc) is 2.21. The average molecular weight is 240 g/mol. The molecule has 0 aliphatic rings. The number of nitrogens with zero attached hydrogens (tertiary/aromatic N) is 2. The van der Waals surface area contributed by atoms with E-state index >= 15 is 0 Å². The van der Waals surface area contributed by atoms with Crippen molar-refractivity contribution in [1.82, 2.24) is 9.97 Å². The number of nitrogens with one attached hydrogen (secondary N) is 1. The van der Waals surface area contributed by atoms with Gasteiger partial charge in [-0.15, -0.1) is 0 Å². The van der Waals surface area contributed by atoms with Crippen LogP contribution in [0, 0.1) is 13.8 Å². The second-order valence-electron chi connectivity index (χ2n) is 4.45. The van der Waals surface area contributed by atoms with Gasteiger partial charge in [0.2, 0.25) is 0 Å². The molecule has 1 aromatic rings. The lowest BCUT2D eigenvalue weighted by atomic mass is 10.2. The van der Waals surface area contributed by atoms with E-state index in [2.05, 4.69) is 35.4 Å². The molecular formula is C11H20N4S. The first-order valence-electron chi connectivity index (χ1n) is 5.25. The van der Waals surface area contributed by atoms with Gasteiger partial charge in [-0.1, -0.05) is 0 Å². The summed E-state index contributed by atoms with van der Waals surface area (Å²) in [6.45, 7) is 9.02. The van der Waals surface area contributed by atoms with Gasteiger partial charge in [-0.3, -0.25) is 0 Å². The number of nitrogen functional groups attached to an aromatic ring is 1. The zero-order chi connectivity index (χ0) is 12.3. The molecule has 0 atom stereocenters. The molecule has 0 amide bonds. The van der Waals surface area contributed by atoms with Crippen molar-refractivity contribution in [3.63, 3.8) is 0 Å². The minimum absolute atomic E-state index is 0.181. The van der Waals surface area contributed by atoms with Crippen LogP contribution < -0.4 is 11.1 Å². The molecule has 0 aromatic carbocycles. The van der Waals surface area contributed by atoms with Crippen LogP contribution >= 0.6 is 11.8 Å². The van der Waals surface area contributed by atoms with Gasteiger partial charge in [0.05, 0.1) is 0 Å². The van der Waals surface area contributed by atoms with Gasteiger partial charge < -0.3 is 11.1 Å². The SMILES string of the molecule is CSC(C)(C)CNc1nc(C)nc(N)c1C. The monoisotopic (exact) mass is 240 g/mol. The Morgan fingerprint density at radius 2 is 1.94 bits per heavy atom. The van der Waals surface area contributed by atoms with Crippen molar-refractivity contribution in [3.8, 4) is 0 Å². The molecule has 0 spiro atoms. The predicted molar refractivity (Wildman–Crippen MR) is 72.0 cm³/mol. The van der Waals surface area contributed by atoms with Crippen LogP contribution in [0.15, 0.2) is 0 Å². The number of anilines is 2. The fraction of sp³-hybridized carbons (Fsp3) is 0.636. The molecule has 90 valence electrons. The molecule has 4 nitrogen and oxygen atoms in total. The number of aryl methyl sites for hydroxylation is 1. The fourth-order valence-corrected chi connectivity index (χ4v) is 1.41. The van der Waals surface area contributed by atoms with Gasteiger partial charge in [0.1, 0.15) is 17.5 Å². The summed E-state index contributed by atoms with van der Waals surface area (Å²) in [5.74, 6) is 2.09. The number of hydrogen-bond acceptors (Lipinski definition) is 5. The van der Waals surface area contributed by atoms with E-state index in [1.807, 2.05) is 25.6 Å². The van der Waals surface area contributed by atoms with Crippen molar-refractivity contribution in [2.24, 2.45) is 0 Å². The zero-order valence-electron chi connectivity index (χ0n) is 10.6. The smallest absolute Gasteiger partial charge is 0.134 e. The number of hydrogen-bond donors (Lipinski definition) is 2. The van der Waals surface area contributed by atoms with Crippen LogP contribution in [0.4, 0.5) is 11.6 Å². The number of rotatable bonds is 4. The molecule has 1 aromatic heterocycles. The highest BCUT2D eigenvalue weighted by Crippen LogP contribution is 2.23. The quantitative estimate of drug-likeness (QED) is 0.845. The molecular weight excluding hydrogens is 220 g/mol. The van der Waals surface area contributed by atoms with Crippen LogP contribution in [0.25, 0.3) is 0 Å². The van der Waals surface area contributed by atoms with Crippen LogP contribution in [0.2, 0.25) is 0 Å². The van der Waals surface area contributed by atoms with E-state index in [1.54, 1.807) is 0 Å². The first-order valence-corrected chi connectivity index (χ1v) is 6.48. The molecule has 0 aliphatic heterocycles. The first kappa shape index (κ1) is 13.1. The molecule has 5 heteroatoms. The standard InChI is InChI=1S/C11H20N4S/c1-7-9(12)14-8(2)15-10(7)13-6-11(3,4)16-5/h6H2,1-5H3,(H3,12,13,14,15). The molecule has 16 heavy (non-hydrogen) atoms. The van der Waals surface area contributed by atoms with Crippen LogP contribution in [0.5, 0.6) is 0 Å². The number of aromatic nitrogens is 2. The van der Waals surface area contributed by atoms with Gasteiger partial charge in [0.25, 0.3) is 0 Å². The molecule has 1 heterocycles. The van der Waals surface area contributed by atoms with E-state index in [4.69, 9.17) is 5.73 Å². The molecule has 3 N–H and O–H groups in total. The van der Waals surface area contributed by atoms with Crippen molar-refractivity contribution in [3.05, 3.63) is 11.4 Å². The topological polar surface area (TPSA) is 63.8 Å². The van der Waals surface area contributed by atoms with Gasteiger partial charge in [0.15, 0.2) is 0 Å². The molecule has 1 rings (SSSR count). The summed E-state index contributed by atoms with van der Waals surface area (Å²) in [5.41, 5.74) is 6.72. The molecule has 0 fully saturated rings. The van der Waals surface area contributed by atoms with Crippen molar-refractivity contribution in [2.75, 3.05) is 23.9 Å². The van der Waals surface area contributed by atoms with Crippen molar-refractivity contribution < 1.29 is 0 Å². The second kappa shape index (κ2) is 4.91. The number of thioether (sulfide) groups is 1.